The second kappa shape index (κ2) is 30.2. The number of ether oxygens (including phenoxy) is 8. The van der Waals surface area contributed by atoms with E-state index in [0.717, 1.165) is 27.7 Å². The van der Waals surface area contributed by atoms with E-state index in [9.17, 15) is 119 Å². The van der Waals surface area contributed by atoms with Gasteiger partial charge in [-0.1, -0.05) is 92.5 Å². The van der Waals surface area contributed by atoms with Crippen LogP contribution in [0, 0.1) is 11.8 Å². The van der Waals surface area contributed by atoms with Crippen LogP contribution in [-0.2, 0) is 57.1 Å². The van der Waals surface area contributed by atoms with Gasteiger partial charge in [0.1, 0.15) is 0 Å². The third-order valence-electron chi connectivity index (χ3n) is 19.7. The van der Waals surface area contributed by atoms with Crippen molar-refractivity contribution < 1.29 is 200 Å². The smallest absolute Gasteiger partial charge is 0.423 e. The largest absolute Gasteiger partial charge is 0.442 e. The van der Waals surface area contributed by atoms with Gasteiger partial charge >= 0.3 is 96.0 Å². The lowest BCUT2D eigenvalue weighted by molar-refractivity contribution is -0.523. The Hall–Kier alpha value is -5.44. The monoisotopic (exact) mass is 1640 g/mol. The van der Waals surface area contributed by atoms with E-state index in [-0.39, 0.29) is 79.1 Å². The number of halogens is 28. The highest BCUT2D eigenvalue weighted by atomic mass is 19.4. The molecule has 6 rings (SSSR count). The standard InChI is InChI=1S/C19H25F7O4.C17H21F7O4.C15H19F7O4.C13H15F7O4/c1-5-15(19(24,25)26)18(22,23)16(29-13(27)11(2)3,12-9-7-6-8-10-12)17(20,21)14(4,28)30-15;1-9(2)11(25)27-14(10-7-5-4-6-8-10)15(18,19)12(16(20,21)22)28-13(3,26)17(14,23)24;1-6-11(25-9(23)8(3)4)13(16,17)10(5,24)26-12(7-2,14(11,18)19)15(20,21)22;1-5-10(23-7(21)6(2)3)11(14,15)8(12(16,17)18)24-9(4,22)13(10,19)20/h12,28H,2,5-10H2,1,3-4H3;10,12,26H,1,4-8H2,2-3H3;24H,3,6-7H2,1-2,4-5H3;8,22H,2,5H2,1,3-4H3. The number of hydrogen-bond donors (Lipinski definition) is 4. The summed E-state index contributed by atoms with van der Waals surface area (Å²) >= 11 is 0. The number of carbonyl (C=O) groups is 4. The molecular formula is C64H80F28O16. The van der Waals surface area contributed by atoms with E-state index in [0.29, 0.717) is 40.5 Å². The van der Waals surface area contributed by atoms with Gasteiger partial charge in [0, 0.05) is 34.1 Å². The van der Waals surface area contributed by atoms with Crippen LogP contribution in [0.1, 0.15) is 173 Å². The first kappa shape index (κ1) is 96.8. The van der Waals surface area contributed by atoms with Crippen molar-refractivity contribution in [3.05, 3.63) is 48.6 Å². The second-order valence-corrected chi connectivity index (χ2v) is 27.4. The molecule has 4 aliphatic heterocycles. The number of carbonyl (C=O) groups excluding carboxylic acids is 4. The fourth-order valence-corrected chi connectivity index (χ4v) is 13.7. The Morgan fingerprint density at radius 1 is 0.361 bits per heavy atom. The van der Waals surface area contributed by atoms with Crippen LogP contribution in [0.3, 0.4) is 0 Å². The van der Waals surface area contributed by atoms with Gasteiger partial charge in [0.2, 0.25) is 69.0 Å². The molecule has 6 fully saturated rings. The molecule has 628 valence electrons. The lowest BCUT2D eigenvalue weighted by atomic mass is 9.61. The van der Waals surface area contributed by atoms with Gasteiger partial charge < -0.3 is 58.3 Å². The van der Waals surface area contributed by atoms with Gasteiger partial charge in [-0.2, -0.15) is 123 Å². The summed E-state index contributed by atoms with van der Waals surface area (Å²) in [4.78, 5) is 47.5. The summed E-state index contributed by atoms with van der Waals surface area (Å²) in [7, 11) is 0. The summed E-state index contributed by atoms with van der Waals surface area (Å²) in [6.45, 7) is 19.3. The first-order valence-electron chi connectivity index (χ1n) is 32.4. The minimum Gasteiger partial charge on any atom is -0.442 e. The van der Waals surface area contributed by atoms with Crippen molar-refractivity contribution in [2.24, 2.45) is 11.8 Å². The normalized spacial score (nSPS) is 36.2. The molecule has 0 aromatic heterocycles. The molecule has 2 aliphatic carbocycles. The molecule has 0 aromatic rings. The molecule has 12 atom stereocenters. The minimum absolute atomic E-state index is 0.0833. The van der Waals surface area contributed by atoms with Gasteiger partial charge in [-0.3, -0.25) is 0 Å². The quantitative estimate of drug-likeness (QED) is 0.0549. The predicted octanol–water partition coefficient (Wildman–Crippen LogP) is 16.7. The zero-order valence-electron chi connectivity index (χ0n) is 59.3. The zero-order chi connectivity index (χ0) is 85.5. The van der Waals surface area contributed by atoms with Crippen LogP contribution in [0.25, 0.3) is 0 Å². The summed E-state index contributed by atoms with van der Waals surface area (Å²) in [5, 5.41) is 39.7. The van der Waals surface area contributed by atoms with Crippen molar-refractivity contribution in [3.63, 3.8) is 0 Å². The van der Waals surface area contributed by atoms with E-state index in [1.807, 2.05) is 0 Å². The highest BCUT2D eigenvalue weighted by Crippen LogP contribution is 2.70. The van der Waals surface area contributed by atoms with Crippen LogP contribution in [0.15, 0.2) is 48.6 Å². The molecule has 6 aliphatic rings. The van der Waals surface area contributed by atoms with Crippen molar-refractivity contribution >= 4 is 23.9 Å². The van der Waals surface area contributed by atoms with Gasteiger partial charge in [0.25, 0.3) is 0 Å². The Morgan fingerprint density at radius 2 is 0.620 bits per heavy atom. The minimum atomic E-state index is -5.87. The van der Waals surface area contributed by atoms with E-state index in [1.165, 1.54) is 0 Å². The van der Waals surface area contributed by atoms with Crippen molar-refractivity contribution in [1.29, 1.82) is 0 Å². The maximum atomic E-state index is 15.8. The Labute approximate surface area is 597 Å². The third kappa shape index (κ3) is 14.7. The van der Waals surface area contributed by atoms with E-state index in [1.54, 1.807) is 0 Å². The molecule has 0 aromatic carbocycles. The van der Waals surface area contributed by atoms with Crippen LogP contribution in [-0.4, -0.2) is 185 Å². The van der Waals surface area contributed by atoms with E-state index >= 15 is 43.9 Å². The summed E-state index contributed by atoms with van der Waals surface area (Å²) in [5.41, 5.74) is -28.5. The van der Waals surface area contributed by atoms with Gasteiger partial charge in [-0.25, -0.2) is 19.2 Å². The average Bonchev–Trinajstić information content (AvgIpc) is 0.682. The molecule has 44 heteroatoms. The number of alkyl halides is 28. The van der Waals surface area contributed by atoms with Crippen LogP contribution in [0.4, 0.5) is 123 Å². The van der Waals surface area contributed by atoms with Crippen molar-refractivity contribution in [2.45, 2.75) is 314 Å². The third-order valence-corrected chi connectivity index (χ3v) is 19.7. The lowest BCUT2D eigenvalue weighted by Gasteiger charge is -2.62. The van der Waals surface area contributed by atoms with Gasteiger partial charge in [-0.05, 0) is 107 Å². The summed E-state index contributed by atoms with van der Waals surface area (Å²) < 4.78 is 435. The molecule has 16 nitrogen and oxygen atoms in total. The second-order valence-electron chi connectivity index (χ2n) is 27.4. The SMILES string of the molecule is C=C(C)C(=O)OC1(C2CCCCC2)C(F)(F)C(C(F)(F)F)OC(C)(O)C1(F)F.C=C(C)C(=O)OC1(C2CCCCC2)C(F)(F)C(C)(O)OC(CC)(C(F)(F)F)C1(F)F.C=C(C)C(=O)OC1(CC)C(F)(F)C(C(F)(F)F)OC(C)(O)C1(F)F.C=C(C)C(=O)OC1(CC)C(F)(F)C(C)(O)OC(CC)(C(F)(F)F)C1(F)F. The highest BCUT2D eigenvalue weighted by molar-refractivity contribution is 5.89. The predicted molar refractivity (Wildman–Crippen MR) is 313 cm³/mol. The summed E-state index contributed by atoms with van der Waals surface area (Å²) in [5.74, 6) is -68.5. The molecular weight excluding hydrogens is 1560 g/mol. The van der Waals surface area contributed by atoms with Crippen LogP contribution >= 0.6 is 0 Å². The Bertz CT molecular complexity index is 3330. The maximum absolute atomic E-state index is 15.8. The van der Waals surface area contributed by atoms with Crippen LogP contribution in [0.5, 0.6) is 0 Å². The van der Waals surface area contributed by atoms with Crippen molar-refractivity contribution in [1.82, 2.24) is 0 Å². The highest BCUT2D eigenvalue weighted by Gasteiger charge is 2.95. The van der Waals surface area contributed by atoms with E-state index in [4.69, 9.17) is 0 Å². The first-order valence-corrected chi connectivity index (χ1v) is 32.4. The van der Waals surface area contributed by atoms with Gasteiger partial charge in [0.05, 0.1) is 0 Å². The molecule has 0 amide bonds. The number of rotatable bonds is 14. The van der Waals surface area contributed by atoms with E-state index < -0.39 is 225 Å². The molecule has 0 bridgehead atoms. The Morgan fingerprint density at radius 3 is 0.926 bits per heavy atom. The summed E-state index contributed by atoms with van der Waals surface area (Å²) in [6.07, 6.45) is -37.2. The average molecular weight is 1640 g/mol. The molecule has 12 unspecified atom stereocenters. The molecule has 108 heavy (non-hydrogen) atoms. The molecule has 4 heterocycles. The van der Waals surface area contributed by atoms with Crippen LogP contribution < -0.4 is 0 Å². The fraction of sp³-hybridized carbons (Fsp3) is 0.812. The number of aliphatic hydroxyl groups is 4. The van der Waals surface area contributed by atoms with Crippen molar-refractivity contribution in [3.8, 4) is 0 Å². The Balaban J connectivity index is 0.000000375. The molecule has 4 saturated heterocycles. The van der Waals surface area contributed by atoms with Gasteiger partial charge in [-0.15, -0.1) is 0 Å². The first-order chi connectivity index (χ1) is 47.9. The summed E-state index contributed by atoms with van der Waals surface area (Å²) in [6, 6.07) is 0. The number of hydrogen-bond acceptors (Lipinski definition) is 16. The maximum Gasteiger partial charge on any atom is 0.423 e. The lowest BCUT2D eigenvalue weighted by Crippen LogP contribution is -2.86. The van der Waals surface area contributed by atoms with Crippen LogP contribution in [0.2, 0.25) is 0 Å². The zero-order valence-corrected chi connectivity index (χ0v) is 59.3. The molecule has 0 spiro atoms. The van der Waals surface area contributed by atoms with Gasteiger partial charge in [0.15, 0.2) is 0 Å². The van der Waals surface area contributed by atoms with E-state index in [2.05, 4.69) is 64.2 Å². The van der Waals surface area contributed by atoms with Crippen molar-refractivity contribution in [2.75, 3.05) is 0 Å². The Kier molecular flexibility index (Phi) is 27.0. The topological polar surface area (TPSA) is 223 Å². The molecule has 0 radical (unpaired) electrons. The molecule has 2 saturated carbocycles. The fourth-order valence-electron chi connectivity index (χ4n) is 13.7. The molecule has 4 N–H and O–H groups in total. The number of esters is 4.